The van der Waals surface area contributed by atoms with Crippen LogP contribution in [0.1, 0.15) is 58.4 Å². The molecular formula is C26H28F2IN4O6P. The summed E-state index contributed by atoms with van der Waals surface area (Å²) in [6.07, 6.45) is -0.0652. The Balaban J connectivity index is 1.58. The Morgan fingerprint density at radius 1 is 1.27 bits per heavy atom. The number of benzene rings is 2. The number of phosphoric acid groups is 1. The van der Waals surface area contributed by atoms with E-state index in [1.54, 1.807) is 12.1 Å². The maximum absolute atomic E-state index is 15.2. The molecule has 1 aliphatic rings. The lowest BCUT2D eigenvalue weighted by atomic mass is 9.84. The van der Waals surface area contributed by atoms with E-state index in [2.05, 4.69) is 42.4 Å². The fraction of sp³-hybridized carbons (Fsp3) is 0.346. The van der Waals surface area contributed by atoms with Gasteiger partial charge in [0.15, 0.2) is 0 Å². The molecule has 0 radical (unpaired) electrons. The Bertz CT molecular complexity index is 1440. The molecule has 14 heteroatoms. The van der Waals surface area contributed by atoms with Crippen molar-refractivity contribution in [3.63, 3.8) is 0 Å². The van der Waals surface area contributed by atoms with Gasteiger partial charge in [0.05, 0.1) is 36.2 Å². The number of nitrogens with two attached hydrogens (primary N) is 1. The predicted molar refractivity (Wildman–Crippen MR) is 151 cm³/mol. The molecule has 1 fully saturated rings. The van der Waals surface area contributed by atoms with Crippen LogP contribution in [0.5, 0.6) is 0 Å². The number of halogens is 3. The van der Waals surface area contributed by atoms with Crippen LogP contribution in [0.25, 0.3) is 11.3 Å². The summed E-state index contributed by atoms with van der Waals surface area (Å²) < 4.78 is 46.1. The van der Waals surface area contributed by atoms with Crippen LogP contribution in [0.3, 0.4) is 0 Å². The number of hydrogen-bond donors (Lipinski definition) is 5. The Hall–Kier alpha value is -2.55. The number of nitrogen functional groups attached to an aromatic ring is 1. The monoisotopic (exact) mass is 688 g/mol. The normalized spacial score (nSPS) is 20.2. The number of nitrogens with zero attached hydrogens (tertiary/aromatic N) is 2. The zero-order chi connectivity index (χ0) is 29.2. The minimum atomic E-state index is -4.84. The van der Waals surface area contributed by atoms with Crippen LogP contribution in [0.2, 0.25) is 0 Å². The van der Waals surface area contributed by atoms with E-state index in [-0.39, 0.29) is 41.4 Å². The van der Waals surface area contributed by atoms with Gasteiger partial charge in [-0.1, -0.05) is 12.1 Å². The molecule has 4 atom stereocenters. The van der Waals surface area contributed by atoms with Crippen LogP contribution in [0.15, 0.2) is 42.6 Å². The highest BCUT2D eigenvalue weighted by Crippen LogP contribution is 2.38. The molecule has 3 aromatic rings. The highest BCUT2D eigenvalue weighted by Gasteiger charge is 2.31. The fourth-order valence-corrected chi connectivity index (χ4v) is 5.82. The third-order valence-corrected chi connectivity index (χ3v) is 7.75. The van der Waals surface area contributed by atoms with Crippen molar-refractivity contribution < 1.29 is 37.6 Å². The van der Waals surface area contributed by atoms with Gasteiger partial charge < -0.3 is 25.9 Å². The number of aliphatic hydroxyl groups is 1. The lowest BCUT2D eigenvalue weighted by Crippen LogP contribution is -2.32. The van der Waals surface area contributed by atoms with E-state index < -0.39 is 44.5 Å². The fourth-order valence-electron chi connectivity index (χ4n) is 4.63. The zero-order valence-corrected chi connectivity index (χ0v) is 24.4. The summed E-state index contributed by atoms with van der Waals surface area (Å²) in [7, 11) is -4.84. The molecule has 4 rings (SSSR count). The van der Waals surface area contributed by atoms with Crippen LogP contribution < -0.4 is 11.1 Å². The van der Waals surface area contributed by atoms with Crippen LogP contribution in [0.4, 0.5) is 14.6 Å². The van der Waals surface area contributed by atoms with E-state index in [4.69, 9.17) is 5.73 Å². The summed E-state index contributed by atoms with van der Waals surface area (Å²) in [6.45, 7) is 1.27. The molecule has 0 saturated heterocycles. The van der Waals surface area contributed by atoms with Crippen molar-refractivity contribution in [1.82, 2.24) is 15.3 Å². The first-order valence-electron chi connectivity index (χ1n) is 12.3. The average Bonchev–Trinajstić information content (AvgIpc) is 2.87. The van der Waals surface area contributed by atoms with Gasteiger partial charge in [0, 0.05) is 15.1 Å². The Labute approximate surface area is 242 Å². The van der Waals surface area contributed by atoms with Crippen LogP contribution in [0, 0.1) is 16.3 Å². The maximum Gasteiger partial charge on any atom is 0.469 e. The summed E-state index contributed by atoms with van der Waals surface area (Å²) >= 11 is 2.07. The first-order chi connectivity index (χ1) is 18.8. The van der Waals surface area contributed by atoms with Crippen LogP contribution in [-0.4, -0.2) is 49.7 Å². The van der Waals surface area contributed by atoms with E-state index in [0.717, 1.165) is 15.2 Å². The number of aryl methyl sites for hydroxylation is 1. The van der Waals surface area contributed by atoms with Crippen molar-refractivity contribution in [1.29, 1.82) is 0 Å². The molecule has 40 heavy (non-hydrogen) atoms. The van der Waals surface area contributed by atoms with E-state index in [1.165, 1.54) is 18.3 Å². The number of phosphoric ester groups is 1. The Morgan fingerprint density at radius 2 is 2.02 bits per heavy atom. The number of alkyl halides is 1. The summed E-state index contributed by atoms with van der Waals surface area (Å²) in [5.74, 6) is -1.98. The highest BCUT2D eigenvalue weighted by atomic mass is 127. The number of amides is 1. The number of carbonyl (C=O) groups excluding carboxylic acids is 1. The van der Waals surface area contributed by atoms with Crippen molar-refractivity contribution in [2.24, 2.45) is 0 Å². The van der Waals surface area contributed by atoms with E-state index in [1.807, 2.05) is 13.0 Å². The second kappa shape index (κ2) is 12.5. The second-order valence-corrected chi connectivity index (χ2v) is 12.2. The number of anilines is 1. The molecule has 1 heterocycles. The molecule has 1 aliphatic carbocycles. The van der Waals surface area contributed by atoms with Gasteiger partial charge in [-0.05, 0) is 84.2 Å². The number of aliphatic hydroxyl groups excluding tert-OH is 1. The first kappa shape index (κ1) is 30.4. The van der Waals surface area contributed by atoms with Gasteiger partial charge in [-0.2, -0.15) is 0 Å². The van der Waals surface area contributed by atoms with Crippen molar-refractivity contribution in [2.75, 3.05) is 12.3 Å². The van der Waals surface area contributed by atoms with Gasteiger partial charge in [-0.15, -0.1) is 0 Å². The SMILES string of the molecule is Cc1cc(I)cc([C@@H](COP(=O)(O)O)NC(=O)c2ccc(-c3nc([C@H]4CC[C@H](O)[C@@H](F)C4)cnc3N)cc2F)c1. The second-order valence-electron chi connectivity index (χ2n) is 9.69. The smallest absolute Gasteiger partial charge is 0.390 e. The molecule has 1 aromatic heterocycles. The molecule has 1 saturated carbocycles. The average molecular weight is 688 g/mol. The van der Waals surface area contributed by atoms with Gasteiger partial charge >= 0.3 is 7.82 Å². The third-order valence-electron chi connectivity index (χ3n) is 6.64. The lowest BCUT2D eigenvalue weighted by Gasteiger charge is -2.28. The van der Waals surface area contributed by atoms with Gasteiger partial charge in [0.1, 0.15) is 23.5 Å². The van der Waals surface area contributed by atoms with E-state index in [9.17, 15) is 28.6 Å². The zero-order valence-electron chi connectivity index (χ0n) is 21.3. The molecule has 10 nitrogen and oxygen atoms in total. The summed E-state index contributed by atoms with van der Waals surface area (Å²) in [5, 5.41) is 12.3. The molecular weight excluding hydrogens is 660 g/mol. The molecule has 2 aromatic carbocycles. The van der Waals surface area contributed by atoms with Gasteiger partial charge in [-0.3, -0.25) is 9.32 Å². The third kappa shape index (κ3) is 7.59. The quantitative estimate of drug-likeness (QED) is 0.171. The number of carbonyl (C=O) groups is 1. The Morgan fingerprint density at radius 3 is 2.67 bits per heavy atom. The standard InChI is InChI=1S/C26H28F2IN4O6P/c1-13-6-16(8-17(29)7-13)22(12-39-40(36,37)38)33-26(35)18-4-2-15(10-19(18)27)24-25(30)31-11-21(32-24)14-3-5-23(34)20(28)9-14/h2,4,6-8,10-11,14,20,22-23,34H,3,5,9,12H2,1H3,(H2,30,31)(H,33,35)(H2,36,37,38)/t14-,20-,22+,23-/m0/s1. The summed E-state index contributed by atoms with van der Waals surface area (Å²) in [5.41, 5.74) is 7.95. The summed E-state index contributed by atoms with van der Waals surface area (Å²) in [4.78, 5) is 40.0. The van der Waals surface area contributed by atoms with E-state index >= 15 is 4.39 Å². The number of nitrogens with one attached hydrogen (secondary N) is 1. The number of aromatic nitrogens is 2. The first-order valence-corrected chi connectivity index (χ1v) is 14.9. The predicted octanol–water partition coefficient (Wildman–Crippen LogP) is 4.32. The topological polar surface area (TPSA) is 168 Å². The molecule has 1 amide bonds. The van der Waals surface area contributed by atoms with Crippen molar-refractivity contribution in [2.45, 2.75) is 50.4 Å². The molecule has 6 N–H and O–H groups in total. The van der Waals surface area contributed by atoms with Crippen LogP contribution in [-0.2, 0) is 9.09 Å². The molecule has 0 unspecified atom stereocenters. The minimum absolute atomic E-state index is 0.0247. The molecule has 0 bridgehead atoms. The largest absolute Gasteiger partial charge is 0.469 e. The maximum atomic E-state index is 15.2. The number of hydrogen-bond acceptors (Lipinski definition) is 7. The van der Waals surface area contributed by atoms with Gasteiger partial charge in [0.25, 0.3) is 5.91 Å². The van der Waals surface area contributed by atoms with Crippen molar-refractivity contribution in [3.8, 4) is 11.3 Å². The highest BCUT2D eigenvalue weighted by molar-refractivity contribution is 14.1. The van der Waals surface area contributed by atoms with Gasteiger partial charge in [-0.25, -0.2) is 23.3 Å². The van der Waals surface area contributed by atoms with E-state index in [0.29, 0.717) is 17.7 Å². The molecule has 214 valence electrons. The minimum Gasteiger partial charge on any atom is -0.390 e. The lowest BCUT2D eigenvalue weighted by molar-refractivity contribution is 0.0363. The van der Waals surface area contributed by atoms with Crippen LogP contribution >= 0.6 is 30.4 Å². The number of rotatable bonds is 8. The van der Waals surface area contributed by atoms with Gasteiger partial charge in [0.2, 0.25) is 0 Å². The molecule has 0 spiro atoms. The van der Waals surface area contributed by atoms with Crippen molar-refractivity contribution in [3.05, 3.63) is 74.4 Å². The molecule has 0 aliphatic heterocycles. The summed E-state index contributed by atoms with van der Waals surface area (Å²) in [6, 6.07) is 8.10. The Kier molecular flexibility index (Phi) is 9.53. The van der Waals surface area contributed by atoms with Crippen molar-refractivity contribution >= 4 is 42.1 Å².